The number of ether oxygens (including phenoxy) is 1. The minimum atomic E-state index is -4.83. The molecule has 2 aromatic rings. The molecule has 0 saturated carbocycles. The van der Waals surface area contributed by atoms with E-state index in [0.717, 1.165) is 17.7 Å². The van der Waals surface area contributed by atoms with Gasteiger partial charge >= 0.3 is 6.18 Å². The second-order valence-corrected chi connectivity index (χ2v) is 9.87. The number of carbonyl (C=O) groups is 2. The highest BCUT2D eigenvalue weighted by Gasteiger charge is 2.51. The highest BCUT2D eigenvalue weighted by atomic mass is 35.5. The average Bonchev–Trinajstić information content (AvgIpc) is 3.11. The van der Waals surface area contributed by atoms with Crippen molar-refractivity contribution in [2.24, 2.45) is 5.92 Å². The molecule has 1 fully saturated rings. The van der Waals surface area contributed by atoms with Crippen LogP contribution in [0.25, 0.3) is 5.57 Å². The summed E-state index contributed by atoms with van der Waals surface area (Å²) in [6.07, 6.45) is -4.31. The van der Waals surface area contributed by atoms with Crippen molar-refractivity contribution in [3.63, 3.8) is 0 Å². The number of allylic oxidation sites excluding steroid dienone is 2. The molecular weight excluding hydrogens is 514 g/mol. The van der Waals surface area contributed by atoms with Gasteiger partial charge < -0.3 is 9.64 Å². The summed E-state index contributed by atoms with van der Waals surface area (Å²) >= 11 is 17.6. The Morgan fingerprint density at radius 3 is 2.24 bits per heavy atom. The lowest BCUT2D eigenvalue weighted by molar-refractivity contribution is -0.171. The maximum Gasteiger partial charge on any atom is 0.417 e. The van der Waals surface area contributed by atoms with Crippen LogP contribution in [-0.4, -0.2) is 35.9 Å². The lowest BCUT2D eigenvalue weighted by Crippen LogP contribution is -2.61. The summed E-state index contributed by atoms with van der Waals surface area (Å²) in [6, 6.07) is 6.72. The van der Waals surface area contributed by atoms with Gasteiger partial charge in [0.25, 0.3) is 0 Å². The van der Waals surface area contributed by atoms with E-state index in [1.165, 1.54) is 12.1 Å². The molecule has 0 atom stereocenters. The van der Waals surface area contributed by atoms with E-state index < -0.39 is 23.1 Å². The molecule has 4 rings (SSSR count). The number of hydrogen-bond donors (Lipinski definition) is 0. The molecule has 180 valence electrons. The van der Waals surface area contributed by atoms with E-state index in [9.17, 15) is 22.8 Å². The van der Waals surface area contributed by atoms with Crippen LogP contribution in [-0.2, 0) is 21.7 Å². The number of amides is 1. The van der Waals surface area contributed by atoms with Gasteiger partial charge in [0.15, 0.2) is 5.78 Å². The predicted octanol–water partition coefficient (Wildman–Crippen LogP) is 6.70. The van der Waals surface area contributed by atoms with E-state index in [-0.39, 0.29) is 44.6 Å². The molecule has 1 saturated heterocycles. The molecule has 0 unspecified atom stereocenters. The predicted molar refractivity (Wildman–Crippen MR) is 124 cm³/mol. The van der Waals surface area contributed by atoms with E-state index in [4.69, 9.17) is 39.5 Å². The van der Waals surface area contributed by atoms with Gasteiger partial charge in [0.2, 0.25) is 5.91 Å². The number of halogens is 6. The summed E-state index contributed by atoms with van der Waals surface area (Å²) in [5.41, 5.74) is -0.552. The third-order valence-electron chi connectivity index (χ3n) is 5.96. The maximum atomic E-state index is 13.8. The zero-order valence-electron chi connectivity index (χ0n) is 18.1. The molecule has 0 aliphatic carbocycles. The first-order chi connectivity index (χ1) is 15.8. The van der Waals surface area contributed by atoms with Gasteiger partial charge in [-0.2, -0.15) is 13.2 Å². The maximum absolute atomic E-state index is 13.8. The molecule has 0 N–H and O–H groups in total. The number of carbonyl (C=O) groups excluding carboxylic acids is 2. The van der Waals surface area contributed by atoms with Gasteiger partial charge in [-0.1, -0.05) is 60.8 Å². The van der Waals surface area contributed by atoms with Crippen LogP contribution in [0.15, 0.2) is 36.4 Å². The number of fused-ring (bicyclic) bond motifs is 2. The Bertz CT molecular complexity index is 1190. The summed E-state index contributed by atoms with van der Waals surface area (Å²) < 4.78 is 47.3. The van der Waals surface area contributed by atoms with Crippen LogP contribution in [0, 0.1) is 5.92 Å². The molecule has 2 aliphatic heterocycles. The van der Waals surface area contributed by atoms with Gasteiger partial charge in [-0.25, -0.2) is 0 Å². The van der Waals surface area contributed by atoms with Gasteiger partial charge in [0, 0.05) is 11.5 Å². The van der Waals surface area contributed by atoms with Gasteiger partial charge in [-0.3, -0.25) is 9.59 Å². The Balaban J connectivity index is 1.62. The Morgan fingerprint density at radius 2 is 1.68 bits per heavy atom. The van der Waals surface area contributed by atoms with E-state index in [1.54, 1.807) is 11.0 Å². The quantitative estimate of drug-likeness (QED) is 0.250. The minimum Gasteiger partial charge on any atom is -0.362 e. The number of rotatable bonds is 4. The van der Waals surface area contributed by atoms with Crippen LogP contribution in [0.2, 0.25) is 15.1 Å². The largest absolute Gasteiger partial charge is 0.417 e. The van der Waals surface area contributed by atoms with Crippen molar-refractivity contribution >= 4 is 52.1 Å². The van der Waals surface area contributed by atoms with Crippen LogP contribution < -0.4 is 0 Å². The van der Waals surface area contributed by atoms with E-state index in [0.29, 0.717) is 24.7 Å². The number of ketones is 1. The molecule has 1 amide bonds. The van der Waals surface area contributed by atoms with E-state index >= 15 is 0 Å². The van der Waals surface area contributed by atoms with E-state index in [2.05, 4.69) is 0 Å². The zero-order valence-corrected chi connectivity index (χ0v) is 20.4. The van der Waals surface area contributed by atoms with Gasteiger partial charge in [0.1, 0.15) is 5.60 Å². The van der Waals surface area contributed by atoms with Crippen molar-refractivity contribution in [3.05, 3.63) is 73.7 Å². The van der Waals surface area contributed by atoms with E-state index in [1.807, 2.05) is 13.8 Å². The molecular formula is C24H19Cl3F3NO3. The van der Waals surface area contributed by atoms with Crippen molar-refractivity contribution in [2.45, 2.75) is 32.2 Å². The van der Waals surface area contributed by atoms with Crippen LogP contribution >= 0.6 is 34.8 Å². The molecule has 34 heavy (non-hydrogen) atoms. The highest BCUT2D eigenvalue weighted by molar-refractivity contribution is 6.48. The Hall–Kier alpha value is -2.06. The summed E-state index contributed by atoms with van der Waals surface area (Å²) in [6.45, 7) is 4.66. The standard InChI is InChI=1S/C24H19Cl3F3NO3/c1-12(2)22(33)31-10-23(11-31)16-4-3-13(5-15(16)9-34-23)20(32)8-17(24(28,29)30)14-6-18(25)21(27)19(26)7-14/h3-8,12H,9-11H2,1-2H3/b17-8-. The molecule has 4 nitrogen and oxygen atoms in total. The molecule has 1 spiro atoms. The van der Waals surface area contributed by atoms with Crippen LogP contribution in [0.1, 0.15) is 40.9 Å². The lowest BCUT2D eigenvalue weighted by Gasteiger charge is -2.48. The normalized spacial score (nSPS) is 17.2. The summed E-state index contributed by atoms with van der Waals surface area (Å²) in [5.74, 6) is -0.927. The number of likely N-dealkylation sites (tertiary alicyclic amines) is 1. The molecule has 0 bridgehead atoms. The van der Waals surface area contributed by atoms with Crippen LogP contribution in [0.3, 0.4) is 0 Å². The van der Waals surface area contributed by atoms with Gasteiger partial charge in [-0.05, 0) is 41.0 Å². The fraction of sp³-hybridized carbons (Fsp3) is 0.333. The molecule has 0 aromatic heterocycles. The van der Waals surface area contributed by atoms with Crippen molar-refractivity contribution < 1.29 is 27.5 Å². The third-order valence-corrected chi connectivity index (χ3v) is 7.16. The summed E-state index contributed by atoms with van der Waals surface area (Å²) in [4.78, 5) is 26.7. The summed E-state index contributed by atoms with van der Waals surface area (Å²) in [7, 11) is 0. The number of benzene rings is 2. The SMILES string of the molecule is CC(C)C(=O)N1CC2(C1)OCc1cc(C(=O)/C=C(/c3cc(Cl)c(Cl)c(Cl)c3)C(F)(F)F)ccc12. The van der Waals surface area contributed by atoms with Gasteiger partial charge in [-0.15, -0.1) is 0 Å². The topological polar surface area (TPSA) is 46.6 Å². The Morgan fingerprint density at radius 1 is 1.06 bits per heavy atom. The first-order valence-corrected chi connectivity index (χ1v) is 11.5. The highest BCUT2D eigenvalue weighted by Crippen LogP contribution is 2.44. The first-order valence-electron chi connectivity index (χ1n) is 10.4. The fourth-order valence-electron chi connectivity index (χ4n) is 4.21. The van der Waals surface area contributed by atoms with Crippen molar-refractivity contribution in [3.8, 4) is 0 Å². The zero-order chi connectivity index (χ0) is 25.0. The third kappa shape index (κ3) is 4.47. The Labute approximate surface area is 209 Å². The number of hydrogen-bond acceptors (Lipinski definition) is 3. The van der Waals surface area contributed by atoms with Crippen molar-refractivity contribution in [1.82, 2.24) is 4.90 Å². The average molecular weight is 533 g/mol. The molecule has 2 aromatic carbocycles. The smallest absolute Gasteiger partial charge is 0.362 e. The summed E-state index contributed by atoms with van der Waals surface area (Å²) in [5, 5.41) is -0.383. The minimum absolute atomic E-state index is 0.0293. The Kier molecular flexibility index (Phi) is 6.53. The second-order valence-electron chi connectivity index (χ2n) is 8.68. The van der Waals surface area contributed by atoms with Crippen LogP contribution in [0.5, 0.6) is 0 Å². The van der Waals surface area contributed by atoms with Gasteiger partial charge in [0.05, 0.1) is 40.3 Å². The fourth-order valence-corrected chi connectivity index (χ4v) is 4.81. The number of alkyl halides is 3. The monoisotopic (exact) mass is 531 g/mol. The van der Waals surface area contributed by atoms with Crippen molar-refractivity contribution in [2.75, 3.05) is 13.1 Å². The molecule has 2 heterocycles. The first kappa shape index (κ1) is 25.0. The van der Waals surface area contributed by atoms with Crippen LogP contribution in [0.4, 0.5) is 13.2 Å². The molecule has 0 radical (unpaired) electrons. The molecule has 2 aliphatic rings. The number of nitrogens with zero attached hydrogens (tertiary/aromatic N) is 1. The molecule has 10 heteroatoms. The lowest BCUT2D eigenvalue weighted by atomic mass is 9.84. The van der Waals surface area contributed by atoms with Crippen molar-refractivity contribution in [1.29, 1.82) is 0 Å². The second kappa shape index (κ2) is 8.86.